The van der Waals surface area contributed by atoms with Crippen molar-refractivity contribution in [1.29, 1.82) is 0 Å². The van der Waals surface area contributed by atoms with Gasteiger partial charge in [-0.2, -0.15) is 0 Å². The first-order chi connectivity index (χ1) is 7.13. The molecule has 15 heavy (non-hydrogen) atoms. The van der Waals surface area contributed by atoms with Gasteiger partial charge >= 0.3 is 0 Å². The summed E-state index contributed by atoms with van der Waals surface area (Å²) in [6.07, 6.45) is 2.66. The lowest BCUT2D eigenvalue weighted by molar-refractivity contribution is 0.157. The number of rotatable bonds is 5. The predicted molar refractivity (Wildman–Crippen MR) is 60.6 cm³/mol. The van der Waals surface area contributed by atoms with E-state index in [-0.39, 0.29) is 11.9 Å². The van der Waals surface area contributed by atoms with Crippen LogP contribution in [-0.2, 0) is 6.42 Å². The monoisotopic (exact) mass is 230 g/mol. The van der Waals surface area contributed by atoms with Gasteiger partial charge in [0.1, 0.15) is 5.82 Å². The number of aryl methyl sites for hydroxylation is 1. The Labute approximate surface area is 94.9 Å². The molecule has 1 aromatic carbocycles. The minimum absolute atomic E-state index is 0.256. The molecule has 0 saturated heterocycles. The maximum Gasteiger partial charge on any atom is 0.127 e. The van der Waals surface area contributed by atoms with Crippen molar-refractivity contribution in [2.75, 3.05) is 0 Å². The molecule has 1 nitrogen and oxygen atoms in total. The topological polar surface area (TPSA) is 20.2 Å². The molecule has 0 bridgehead atoms. The summed E-state index contributed by atoms with van der Waals surface area (Å²) in [5.41, 5.74) is 0.669. The van der Waals surface area contributed by atoms with Crippen LogP contribution in [0.25, 0.3) is 0 Å². The Hall–Kier alpha value is -0.600. The van der Waals surface area contributed by atoms with E-state index in [1.807, 2.05) is 6.92 Å². The van der Waals surface area contributed by atoms with Crippen molar-refractivity contribution >= 4 is 11.6 Å². The molecule has 0 spiro atoms. The average molecular weight is 231 g/mol. The summed E-state index contributed by atoms with van der Waals surface area (Å²) in [7, 11) is 0. The molecular weight excluding hydrogens is 215 g/mol. The SMILES string of the molecule is CCC(O)CCCc1ccc(Cl)cc1F. The maximum atomic E-state index is 13.3. The Morgan fingerprint density at radius 3 is 2.80 bits per heavy atom. The molecule has 0 radical (unpaired) electrons. The zero-order valence-electron chi connectivity index (χ0n) is 8.84. The second kappa shape index (κ2) is 6.09. The summed E-state index contributed by atoms with van der Waals surface area (Å²) in [6.45, 7) is 1.94. The zero-order valence-corrected chi connectivity index (χ0v) is 9.60. The summed E-state index contributed by atoms with van der Waals surface area (Å²) in [5, 5.41) is 9.76. The van der Waals surface area contributed by atoms with Crippen molar-refractivity contribution in [1.82, 2.24) is 0 Å². The van der Waals surface area contributed by atoms with Crippen LogP contribution in [0.1, 0.15) is 31.7 Å². The maximum absolute atomic E-state index is 13.3. The Kier molecular flexibility index (Phi) is 5.06. The summed E-state index contributed by atoms with van der Waals surface area (Å²) >= 11 is 5.64. The van der Waals surface area contributed by atoms with Crippen molar-refractivity contribution in [3.8, 4) is 0 Å². The minimum atomic E-state index is -0.264. The van der Waals surface area contributed by atoms with Gasteiger partial charge in [0.2, 0.25) is 0 Å². The number of aliphatic hydroxyl groups excluding tert-OH is 1. The Bertz CT molecular complexity index is 314. The summed E-state index contributed by atoms with van der Waals surface area (Å²) < 4.78 is 13.3. The largest absolute Gasteiger partial charge is 0.393 e. The number of benzene rings is 1. The highest BCUT2D eigenvalue weighted by molar-refractivity contribution is 6.30. The van der Waals surface area contributed by atoms with Gasteiger partial charge in [-0.05, 0) is 43.4 Å². The Morgan fingerprint density at radius 1 is 1.47 bits per heavy atom. The van der Waals surface area contributed by atoms with E-state index in [1.54, 1.807) is 12.1 Å². The molecule has 0 aliphatic heterocycles. The third kappa shape index (κ3) is 4.18. The summed E-state index contributed by atoms with van der Waals surface area (Å²) in [5.74, 6) is -0.256. The van der Waals surface area contributed by atoms with Gasteiger partial charge in [-0.1, -0.05) is 24.6 Å². The lowest BCUT2D eigenvalue weighted by atomic mass is 10.0. The fourth-order valence-corrected chi connectivity index (χ4v) is 1.62. The molecule has 1 rings (SSSR count). The lowest BCUT2D eigenvalue weighted by Crippen LogP contribution is -2.04. The standard InChI is InChI=1S/C12H16ClFO/c1-2-11(15)5-3-4-9-6-7-10(13)8-12(9)14/h6-8,11,15H,2-5H2,1H3. The molecular formula is C12H16ClFO. The van der Waals surface area contributed by atoms with Crippen molar-refractivity contribution in [3.63, 3.8) is 0 Å². The summed E-state index contributed by atoms with van der Waals surface area (Å²) in [4.78, 5) is 0. The molecule has 0 aromatic heterocycles. The highest BCUT2D eigenvalue weighted by Gasteiger charge is 2.05. The predicted octanol–water partition coefficient (Wildman–Crippen LogP) is 3.57. The van der Waals surface area contributed by atoms with E-state index in [4.69, 9.17) is 11.6 Å². The normalized spacial score (nSPS) is 12.8. The number of hydrogen-bond donors (Lipinski definition) is 1. The third-order valence-corrected chi connectivity index (χ3v) is 2.70. The van der Waals surface area contributed by atoms with Crippen LogP contribution in [0.4, 0.5) is 4.39 Å². The Morgan fingerprint density at radius 2 is 2.20 bits per heavy atom. The smallest absolute Gasteiger partial charge is 0.127 e. The zero-order chi connectivity index (χ0) is 11.3. The molecule has 1 N–H and O–H groups in total. The first kappa shape index (κ1) is 12.5. The van der Waals surface area contributed by atoms with Gasteiger partial charge in [-0.25, -0.2) is 4.39 Å². The van der Waals surface area contributed by atoms with E-state index in [9.17, 15) is 9.50 Å². The molecule has 0 saturated carbocycles. The molecule has 0 fully saturated rings. The van der Waals surface area contributed by atoms with Crippen LogP contribution in [0.3, 0.4) is 0 Å². The number of hydrogen-bond acceptors (Lipinski definition) is 1. The second-order valence-corrected chi connectivity index (χ2v) is 4.13. The van der Waals surface area contributed by atoms with Crippen LogP contribution in [0, 0.1) is 5.82 Å². The van der Waals surface area contributed by atoms with E-state index >= 15 is 0 Å². The highest BCUT2D eigenvalue weighted by Crippen LogP contribution is 2.17. The molecule has 1 unspecified atom stereocenters. The molecule has 0 heterocycles. The first-order valence-corrected chi connectivity index (χ1v) is 5.63. The Balaban J connectivity index is 2.44. The number of aliphatic hydroxyl groups is 1. The molecule has 3 heteroatoms. The van der Waals surface area contributed by atoms with E-state index in [2.05, 4.69) is 0 Å². The lowest BCUT2D eigenvalue weighted by Gasteiger charge is -2.07. The molecule has 84 valence electrons. The van der Waals surface area contributed by atoms with Crippen molar-refractivity contribution in [2.45, 2.75) is 38.7 Å². The van der Waals surface area contributed by atoms with E-state index in [0.29, 0.717) is 17.0 Å². The fourth-order valence-electron chi connectivity index (χ4n) is 1.46. The van der Waals surface area contributed by atoms with Crippen LogP contribution in [0.5, 0.6) is 0 Å². The van der Waals surface area contributed by atoms with Crippen molar-refractivity contribution in [2.24, 2.45) is 0 Å². The van der Waals surface area contributed by atoms with Crippen molar-refractivity contribution in [3.05, 3.63) is 34.6 Å². The van der Waals surface area contributed by atoms with E-state index in [1.165, 1.54) is 6.07 Å². The van der Waals surface area contributed by atoms with Gasteiger partial charge in [0.25, 0.3) is 0 Å². The van der Waals surface area contributed by atoms with Crippen LogP contribution in [0.2, 0.25) is 5.02 Å². The molecule has 0 aliphatic rings. The van der Waals surface area contributed by atoms with Crippen LogP contribution in [-0.4, -0.2) is 11.2 Å². The molecule has 1 aromatic rings. The van der Waals surface area contributed by atoms with Gasteiger partial charge in [-0.15, -0.1) is 0 Å². The van der Waals surface area contributed by atoms with Crippen molar-refractivity contribution < 1.29 is 9.50 Å². The van der Waals surface area contributed by atoms with Gasteiger partial charge in [0.15, 0.2) is 0 Å². The molecule has 0 amide bonds. The van der Waals surface area contributed by atoms with Crippen LogP contribution in [0.15, 0.2) is 18.2 Å². The fraction of sp³-hybridized carbons (Fsp3) is 0.500. The van der Waals surface area contributed by atoms with Gasteiger partial charge in [-0.3, -0.25) is 0 Å². The summed E-state index contributed by atoms with van der Waals surface area (Å²) in [6, 6.07) is 4.72. The van der Waals surface area contributed by atoms with Gasteiger partial charge in [0.05, 0.1) is 6.10 Å². The van der Waals surface area contributed by atoms with E-state index in [0.717, 1.165) is 19.3 Å². The van der Waals surface area contributed by atoms with Crippen LogP contribution < -0.4 is 0 Å². The van der Waals surface area contributed by atoms with Gasteiger partial charge < -0.3 is 5.11 Å². The quantitative estimate of drug-likeness (QED) is 0.820. The minimum Gasteiger partial charge on any atom is -0.393 e. The molecule has 0 aliphatic carbocycles. The second-order valence-electron chi connectivity index (χ2n) is 3.69. The molecule has 1 atom stereocenters. The first-order valence-electron chi connectivity index (χ1n) is 5.25. The number of halogens is 2. The van der Waals surface area contributed by atoms with E-state index < -0.39 is 0 Å². The highest BCUT2D eigenvalue weighted by atomic mass is 35.5. The third-order valence-electron chi connectivity index (χ3n) is 2.47. The average Bonchev–Trinajstić information content (AvgIpc) is 2.21. The van der Waals surface area contributed by atoms with Gasteiger partial charge in [0, 0.05) is 5.02 Å². The van der Waals surface area contributed by atoms with Crippen LogP contribution >= 0.6 is 11.6 Å².